The van der Waals surface area contributed by atoms with E-state index in [0.29, 0.717) is 6.42 Å². The van der Waals surface area contributed by atoms with Crippen molar-refractivity contribution in [2.24, 2.45) is 16.8 Å². The first-order chi connectivity index (χ1) is 7.69. The van der Waals surface area contributed by atoms with Crippen molar-refractivity contribution < 1.29 is 10.0 Å². The van der Waals surface area contributed by atoms with Gasteiger partial charge in [0.25, 0.3) is 0 Å². The molecule has 4 N–H and O–H groups in total. The average Bonchev–Trinajstić information content (AvgIpc) is 2.77. The van der Waals surface area contributed by atoms with Crippen LogP contribution in [-0.2, 0) is 4.79 Å². The van der Waals surface area contributed by atoms with Gasteiger partial charge in [-0.15, -0.1) is 0 Å². The zero-order chi connectivity index (χ0) is 12.0. The summed E-state index contributed by atoms with van der Waals surface area (Å²) < 4.78 is 0. The average molecular weight is 227 g/mol. The molecule has 0 bridgehead atoms. The van der Waals surface area contributed by atoms with Crippen molar-refractivity contribution in [3.63, 3.8) is 0 Å². The Kier molecular flexibility index (Phi) is 5.08. The highest BCUT2D eigenvalue weighted by Gasteiger charge is 2.25. The van der Waals surface area contributed by atoms with Crippen molar-refractivity contribution in [1.29, 1.82) is 0 Å². The van der Waals surface area contributed by atoms with Crippen molar-refractivity contribution in [2.75, 3.05) is 0 Å². The Bertz CT molecular complexity index is 260. The van der Waals surface area contributed by atoms with Crippen LogP contribution in [0.1, 0.15) is 45.4 Å². The molecule has 1 saturated carbocycles. The maximum Gasteiger partial charge on any atom is 0.231 e. The molecule has 1 atom stereocenters. The molecule has 1 aliphatic carbocycles. The number of carbonyl (C=O) groups excluding carboxylic acids is 1. The molecule has 92 valence electrons. The Hall–Kier alpha value is -1.26. The SMILES string of the molecule is CCCC(C(=O)NC1CCCC1)C(N)=NO. The summed E-state index contributed by atoms with van der Waals surface area (Å²) in [7, 11) is 0. The van der Waals surface area contributed by atoms with E-state index in [4.69, 9.17) is 10.9 Å². The van der Waals surface area contributed by atoms with E-state index in [1.165, 1.54) is 12.8 Å². The monoisotopic (exact) mass is 227 g/mol. The number of amides is 1. The number of nitrogens with zero attached hydrogens (tertiary/aromatic N) is 1. The van der Waals surface area contributed by atoms with Gasteiger partial charge in [-0.1, -0.05) is 31.3 Å². The molecule has 1 unspecified atom stereocenters. The summed E-state index contributed by atoms with van der Waals surface area (Å²) in [5.74, 6) is -0.586. The maximum atomic E-state index is 11.9. The van der Waals surface area contributed by atoms with Crippen molar-refractivity contribution >= 4 is 11.7 Å². The standard InChI is InChI=1S/C11H21N3O2/c1-2-5-9(10(12)14-16)11(15)13-8-6-3-4-7-8/h8-9,16H,2-7H2,1H3,(H2,12,14)(H,13,15). The lowest BCUT2D eigenvalue weighted by atomic mass is 10.0. The van der Waals surface area contributed by atoms with Gasteiger partial charge in [0.05, 0.1) is 5.92 Å². The minimum atomic E-state index is -0.490. The minimum absolute atomic E-state index is 0.0114. The van der Waals surface area contributed by atoms with E-state index >= 15 is 0 Å². The predicted octanol–water partition coefficient (Wildman–Crippen LogP) is 1.21. The van der Waals surface area contributed by atoms with Crippen molar-refractivity contribution in [3.05, 3.63) is 0 Å². The molecule has 0 aromatic carbocycles. The lowest BCUT2D eigenvalue weighted by molar-refractivity contribution is -0.123. The third-order valence-electron chi connectivity index (χ3n) is 3.07. The first kappa shape index (κ1) is 12.8. The van der Waals surface area contributed by atoms with Crippen LogP contribution in [0.5, 0.6) is 0 Å². The van der Waals surface area contributed by atoms with E-state index in [1.54, 1.807) is 0 Å². The fourth-order valence-corrected chi connectivity index (χ4v) is 2.14. The molecule has 1 amide bonds. The molecule has 0 spiro atoms. The number of nitrogens with two attached hydrogens (primary N) is 1. The summed E-state index contributed by atoms with van der Waals surface area (Å²) >= 11 is 0. The third kappa shape index (κ3) is 3.40. The van der Waals surface area contributed by atoms with Gasteiger partial charge in [0.2, 0.25) is 5.91 Å². The van der Waals surface area contributed by atoms with Crippen LogP contribution in [0.2, 0.25) is 0 Å². The number of hydrogen-bond acceptors (Lipinski definition) is 3. The molecule has 0 aliphatic heterocycles. The molecule has 0 heterocycles. The largest absolute Gasteiger partial charge is 0.409 e. The van der Waals surface area contributed by atoms with Gasteiger partial charge >= 0.3 is 0 Å². The van der Waals surface area contributed by atoms with E-state index in [-0.39, 0.29) is 17.8 Å². The fourth-order valence-electron chi connectivity index (χ4n) is 2.14. The maximum absolute atomic E-state index is 11.9. The van der Waals surface area contributed by atoms with Gasteiger partial charge in [0.15, 0.2) is 5.84 Å². The second kappa shape index (κ2) is 6.35. The summed E-state index contributed by atoms with van der Waals surface area (Å²) in [5.41, 5.74) is 5.52. The summed E-state index contributed by atoms with van der Waals surface area (Å²) in [5, 5.41) is 14.5. The van der Waals surface area contributed by atoms with Crippen LogP contribution in [0.15, 0.2) is 5.16 Å². The Morgan fingerprint density at radius 2 is 2.19 bits per heavy atom. The minimum Gasteiger partial charge on any atom is -0.409 e. The van der Waals surface area contributed by atoms with Crippen LogP contribution in [-0.4, -0.2) is 23.0 Å². The first-order valence-electron chi connectivity index (χ1n) is 5.96. The van der Waals surface area contributed by atoms with Crippen LogP contribution in [0.25, 0.3) is 0 Å². The molecule has 0 radical (unpaired) electrons. The Labute approximate surface area is 96.1 Å². The number of hydrogen-bond donors (Lipinski definition) is 3. The summed E-state index contributed by atoms with van der Waals surface area (Å²) in [6.45, 7) is 1.97. The molecule has 5 nitrogen and oxygen atoms in total. The summed E-state index contributed by atoms with van der Waals surface area (Å²) in [6, 6.07) is 0.276. The van der Waals surface area contributed by atoms with Gasteiger partial charge in [-0.25, -0.2) is 0 Å². The number of nitrogens with one attached hydrogen (secondary N) is 1. The van der Waals surface area contributed by atoms with E-state index in [0.717, 1.165) is 19.3 Å². The number of oxime groups is 1. The van der Waals surface area contributed by atoms with E-state index in [2.05, 4.69) is 10.5 Å². The molecule has 1 aliphatic rings. The topological polar surface area (TPSA) is 87.7 Å². The quantitative estimate of drug-likeness (QED) is 0.285. The highest BCUT2D eigenvalue weighted by Crippen LogP contribution is 2.18. The van der Waals surface area contributed by atoms with Crippen LogP contribution < -0.4 is 11.1 Å². The van der Waals surface area contributed by atoms with Gasteiger partial charge in [-0.05, 0) is 19.3 Å². The van der Waals surface area contributed by atoms with Crippen molar-refractivity contribution in [2.45, 2.75) is 51.5 Å². The normalized spacial score (nSPS) is 19.7. The summed E-state index contributed by atoms with van der Waals surface area (Å²) in [4.78, 5) is 11.9. The van der Waals surface area contributed by atoms with Crippen molar-refractivity contribution in [3.8, 4) is 0 Å². The third-order valence-corrected chi connectivity index (χ3v) is 3.07. The molecular formula is C11H21N3O2. The molecule has 5 heteroatoms. The van der Waals surface area contributed by atoms with Gasteiger partial charge in [0, 0.05) is 6.04 Å². The van der Waals surface area contributed by atoms with Crippen LogP contribution in [0, 0.1) is 5.92 Å². The lowest BCUT2D eigenvalue weighted by Crippen LogP contribution is -2.42. The van der Waals surface area contributed by atoms with Crippen LogP contribution in [0.4, 0.5) is 0 Å². The second-order valence-corrected chi connectivity index (χ2v) is 4.36. The smallest absolute Gasteiger partial charge is 0.231 e. The second-order valence-electron chi connectivity index (χ2n) is 4.36. The first-order valence-corrected chi connectivity index (χ1v) is 5.96. The molecule has 1 fully saturated rings. The highest BCUT2D eigenvalue weighted by molar-refractivity contribution is 6.02. The van der Waals surface area contributed by atoms with Gasteiger partial charge in [-0.3, -0.25) is 4.79 Å². The Morgan fingerprint density at radius 3 is 2.69 bits per heavy atom. The Balaban J connectivity index is 2.52. The van der Waals surface area contributed by atoms with Crippen molar-refractivity contribution in [1.82, 2.24) is 5.32 Å². The molecule has 0 aromatic rings. The highest BCUT2D eigenvalue weighted by atomic mass is 16.4. The predicted molar refractivity (Wildman–Crippen MR) is 62.2 cm³/mol. The number of carbonyl (C=O) groups is 1. The number of rotatable bonds is 5. The fraction of sp³-hybridized carbons (Fsp3) is 0.818. The van der Waals surface area contributed by atoms with E-state index in [9.17, 15) is 4.79 Å². The molecule has 1 rings (SSSR count). The molecule has 0 saturated heterocycles. The zero-order valence-corrected chi connectivity index (χ0v) is 9.78. The lowest BCUT2D eigenvalue weighted by Gasteiger charge is -2.18. The van der Waals surface area contributed by atoms with E-state index in [1.807, 2.05) is 6.92 Å². The van der Waals surface area contributed by atoms with Crippen LogP contribution in [0.3, 0.4) is 0 Å². The van der Waals surface area contributed by atoms with Crippen LogP contribution >= 0.6 is 0 Å². The summed E-state index contributed by atoms with van der Waals surface area (Å²) in [6.07, 6.45) is 5.88. The zero-order valence-electron chi connectivity index (χ0n) is 9.78. The molecule has 0 aromatic heterocycles. The molecular weight excluding hydrogens is 206 g/mol. The number of amidine groups is 1. The van der Waals surface area contributed by atoms with E-state index < -0.39 is 5.92 Å². The van der Waals surface area contributed by atoms with Gasteiger partial charge in [0.1, 0.15) is 0 Å². The van der Waals surface area contributed by atoms with Gasteiger partial charge in [-0.2, -0.15) is 0 Å². The molecule has 16 heavy (non-hydrogen) atoms. The Morgan fingerprint density at radius 1 is 1.56 bits per heavy atom. The van der Waals surface area contributed by atoms with Gasteiger partial charge < -0.3 is 16.3 Å².